The average Bonchev–Trinajstić information content (AvgIpc) is 2.71. The van der Waals surface area contributed by atoms with E-state index < -0.39 is 0 Å². The van der Waals surface area contributed by atoms with Crippen LogP contribution < -0.4 is 0 Å². The molecule has 84 valence electrons. The van der Waals surface area contributed by atoms with Gasteiger partial charge in [0, 0.05) is 17.8 Å². The largest absolute Gasteiger partial charge is 0.508 e. The summed E-state index contributed by atoms with van der Waals surface area (Å²) in [5.74, 6) is 0.333. The van der Waals surface area contributed by atoms with Gasteiger partial charge < -0.3 is 5.11 Å². The fraction of sp³-hybridized carbons (Fsp3) is 0.308. The van der Waals surface area contributed by atoms with E-state index in [1.54, 1.807) is 6.07 Å². The molecule has 3 heteroatoms. The number of aromatic hydroxyl groups is 1. The maximum absolute atomic E-state index is 9.46. The monoisotopic (exact) mass is 216 g/mol. The Hall–Kier alpha value is -1.77. The number of phenolic OH excluding ortho intramolecular Hbond substituents is 1. The van der Waals surface area contributed by atoms with Gasteiger partial charge in [0.2, 0.25) is 0 Å². The first kappa shape index (κ1) is 10.7. The van der Waals surface area contributed by atoms with Gasteiger partial charge in [0.25, 0.3) is 0 Å². The molecule has 0 radical (unpaired) electrons. The van der Waals surface area contributed by atoms with Gasteiger partial charge in [0.15, 0.2) is 0 Å². The van der Waals surface area contributed by atoms with E-state index in [1.807, 2.05) is 36.1 Å². The molecule has 1 heterocycles. The van der Waals surface area contributed by atoms with Crippen LogP contribution in [0.3, 0.4) is 0 Å². The van der Waals surface area contributed by atoms with E-state index in [-0.39, 0.29) is 0 Å². The van der Waals surface area contributed by atoms with Gasteiger partial charge >= 0.3 is 0 Å². The van der Waals surface area contributed by atoms with Gasteiger partial charge in [-0.1, -0.05) is 6.07 Å². The second-order valence-electron chi connectivity index (χ2n) is 4.30. The molecule has 1 N–H and O–H groups in total. The zero-order chi connectivity index (χ0) is 11.7. The van der Waals surface area contributed by atoms with E-state index in [1.165, 1.54) is 0 Å². The molecule has 3 nitrogen and oxygen atoms in total. The molecule has 0 saturated carbocycles. The summed E-state index contributed by atoms with van der Waals surface area (Å²) >= 11 is 0. The maximum atomic E-state index is 9.46. The highest BCUT2D eigenvalue weighted by atomic mass is 16.3. The second-order valence-corrected chi connectivity index (χ2v) is 4.30. The lowest BCUT2D eigenvalue weighted by molar-refractivity contribution is 0.471. The lowest BCUT2D eigenvalue weighted by atomic mass is 10.1. The number of aromatic nitrogens is 2. The Morgan fingerprint density at radius 2 is 2.00 bits per heavy atom. The van der Waals surface area contributed by atoms with Crippen molar-refractivity contribution >= 4 is 0 Å². The molecule has 1 aromatic carbocycles. The molecule has 0 fully saturated rings. The smallest absolute Gasteiger partial charge is 0.118 e. The third-order valence-corrected chi connectivity index (χ3v) is 2.66. The van der Waals surface area contributed by atoms with Crippen LogP contribution in [0.4, 0.5) is 0 Å². The first-order chi connectivity index (χ1) is 7.58. The van der Waals surface area contributed by atoms with Crippen LogP contribution in [0, 0.1) is 6.92 Å². The molecule has 0 aliphatic rings. The van der Waals surface area contributed by atoms with Crippen LogP contribution in [0.1, 0.15) is 25.5 Å². The molecule has 0 unspecified atom stereocenters. The number of hydrogen-bond donors (Lipinski definition) is 1. The molecule has 1 aromatic heterocycles. The van der Waals surface area contributed by atoms with E-state index in [0.717, 1.165) is 16.7 Å². The molecular weight excluding hydrogens is 200 g/mol. The summed E-state index contributed by atoms with van der Waals surface area (Å²) in [6.07, 6.45) is 3.88. The number of nitrogens with zero attached hydrogens (tertiary/aromatic N) is 2. The third-order valence-electron chi connectivity index (χ3n) is 2.66. The highest BCUT2D eigenvalue weighted by Crippen LogP contribution is 2.25. The summed E-state index contributed by atoms with van der Waals surface area (Å²) < 4.78 is 1.93. The lowest BCUT2D eigenvalue weighted by Gasteiger charge is -2.04. The van der Waals surface area contributed by atoms with Crippen molar-refractivity contribution in [1.29, 1.82) is 0 Å². The summed E-state index contributed by atoms with van der Waals surface area (Å²) in [4.78, 5) is 0. The molecule has 16 heavy (non-hydrogen) atoms. The topological polar surface area (TPSA) is 38.0 Å². The summed E-state index contributed by atoms with van der Waals surface area (Å²) in [5, 5.41) is 13.8. The van der Waals surface area contributed by atoms with Crippen LogP contribution in [0.25, 0.3) is 11.1 Å². The fourth-order valence-electron chi connectivity index (χ4n) is 1.60. The first-order valence-electron chi connectivity index (χ1n) is 5.42. The molecule has 0 bridgehead atoms. The molecule has 2 aromatic rings. The Bertz CT molecular complexity index is 500. The Morgan fingerprint density at radius 3 is 2.56 bits per heavy atom. The van der Waals surface area contributed by atoms with Crippen molar-refractivity contribution in [2.45, 2.75) is 26.8 Å². The second kappa shape index (κ2) is 4.00. The van der Waals surface area contributed by atoms with Crippen molar-refractivity contribution < 1.29 is 5.11 Å². The van der Waals surface area contributed by atoms with Crippen molar-refractivity contribution in [2.24, 2.45) is 0 Å². The van der Waals surface area contributed by atoms with Crippen molar-refractivity contribution in [3.05, 3.63) is 36.2 Å². The van der Waals surface area contributed by atoms with Gasteiger partial charge in [0.05, 0.1) is 6.20 Å². The van der Waals surface area contributed by atoms with Crippen LogP contribution in [0.15, 0.2) is 30.6 Å². The fourth-order valence-corrected chi connectivity index (χ4v) is 1.60. The Labute approximate surface area is 95.3 Å². The van der Waals surface area contributed by atoms with Crippen molar-refractivity contribution in [3.8, 4) is 16.9 Å². The molecule has 0 atom stereocenters. The normalized spacial score (nSPS) is 11.0. The minimum atomic E-state index is 0.333. The van der Waals surface area contributed by atoms with Crippen molar-refractivity contribution in [3.63, 3.8) is 0 Å². The average molecular weight is 216 g/mol. The number of hydrogen-bond acceptors (Lipinski definition) is 2. The summed E-state index contributed by atoms with van der Waals surface area (Å²) in [6, 6.07) is 5.96. The highest BCUT2D eigenvalue weighted by molar-refractivity contribution is 5.64. The number of benzene rings is 1. The van der Waals surface area contributed by atoms with Crippen LogP contribution in [0.5, 0.6) is 5.75 Å². The predicted molar refractivity (Wildman–Crippen MR) is 64.4 cm³/mol. The summed E-state index contributed by atoms with van der Waals surface area (Å²) in [5.41, 5.74) is 3.05. The minimum absolute atomic E-state index is 0.333. The van der Waals surface area contributed by atoms with Crippen LogP contribution in [-0.2, 0) is 0 Å². The number of rotatable bonds is 2. The summed E-state index contributed by atoms with van der Waals surface area (Å²) in [7, 11) is 0. The van der Waals surface area contributed by atoms with Crippen LogP contribution >= 0.6 is 0 Å². The van der Waals surface area contributed by atoms with Gasteiger partial charge in [-0.2, -0.15) is 5.10 Å². The molecule has 2 rings (SSSR count). The van der Waals surface area contributed by atoms with E-state index in [4.69, 9.17) is 0 Å². The predicted octanol–water partition coefficient (Wildman–Crippen LogP) is 3.15. The molecule has 0 aliphatic heterocycles. The Kier molecular flexibility index (Phi) is 2.69. The standard InChI is InChI=1S/C13H16N2O/c1-9(2)15-8-12(7-14-15)11-4-5-13(16)10(3)6-11/h4-9,16H,1-3H3. The van der Waals surface area contributed by atoms with Gasteiger partial charge in [-0.3, -0.25) is 4.68 Å². The van der Waals surface area contributed by atoms with Gasteiger partial charge in [-0.05, 0) is 44.0 Å². The molecule has 0 spiro atoms. The first-order valence-corrected chi connectivity index (χ1v) is 5.42. The number of phenols is 1. The molecule has 0 saturated heterocycles. The lowest BCUT2D eigenvalue weighted by Crippen LogP contribution is -1.99. The number of aryl methyl sites for hydroxylation is 1. The SMILES string of the molecule is Cc1cc(-c2cnn(C(C)C)c2)ccc1O. The Balaban J connectivity index is 2.39. The van der Waals surface area contributed by atoms with Crippen LogP contribution in [-0.4, -0.2) is 14.9 Å². The van der Waals surface area contributed by atoms with Crippen molar-refractivity contribution in [2.75, 3.05) is 0 Å². The van der Waals surface area contributed by atoms with E-state index in [0.29, 0.717) is 11.8 Å². The van der Waals surface area contributed by atoms with Crippen LogP contribution in [0.2, 0.25) is 0 Å². The minimum Gasteiger partial charge on any atom is -0.508 e. The van der Waals surface area contributed by atoms with Gasteiger partial charge in [-0.15, -0.1) is 0 Å². The van der Waals surface area contributed by atoms with Gasteiger partial charge in [-0.25, -0.2) is 0 Å². The van der Waals surface area contributed by atoms with E-state index >= 15 is 0 Å². The maximum Gasteiger partial charge on any atom is 0.118 e. The zero-order valence-corrected chi connectivity index (χ0v) is 9.81. The van der Waals surface area contributed by atoms with E-state index in [2.05, 4.69) is 18.9 Å². The van der Waals surface area contributed by atoms with Crippen molar-refractivity contribution in [1.82, 2.24) is 9.78 Å². The van der Waals surface area contributed by atoms with E-state index in [9.17, 15) is 5.11 Å². The molecule has 0 aliphatic carbocycles. The molecule has 0 amide bonds. The molecular formula is C13H16N2O. The zero-order valence-electron chi connectivity index (χ0n) is 9.81. The quantitative estimate of drug-likeness (QED) is 0.837. The summed E-state index contributed by atoms with van der Waals surface area (Å²) in [6.45, 7) is 6.09. The highest BCUT2D eigenvalue weighted by Gasteiger charge is 2.05. The Morgan fingerprint density at radius 1 is 1.25 bits per heavy atom. The van der Waals surface area contributed by atoms with Gasteiger partial charge in [0.1, 0.15) is 5.75 Å². The third kappa shape index (κ3) is 1.94.